The minimum atomic E-state index is 0.533. The number of hydrogen-bond acceptors (Lipinski definition) is 6. The van der Waals surface area contributed by atoms with Gasteiger partial charge in [-0.15, -0.1) is 33.3 Å². The van der Waals surface area contributed by atoms with Gasteiger partial charge in [0.05, 0.1) is 14.4 Å². The smallest absolute Gasteiger partial charge is 0.257 e. The van der Waals surface area contributed by atoms with Gasteiger partial charge >= 0.3 is 0 Å². The zero-order chi connectivity index (χ0) is 14.8. The second-order valence-electron chi connectivity index (χ2n) is 4.08. The van der Waals surface area contributed by atoms with Crippen LogP contribution in [0.15, 0.2) is 43.4 Å². The first kappa shape index (κ1) is 14.9. The van der Waals surface area contributed by atoms with Crippen LogP contribution in [0.25, 0.3) is 10.8 Å². The molecule has 0 aliphatic heterocycles. The number of benzene rings is 1. The summed E-state index contributed by atoms with van der Waals surface area (Å²) in [5, 5.41) is 8.73. The summed E-state index contributed by atoms with van der Waals surface area (Å²) >= 11 is 12.4. The van der Waals surface area contributed by atoms with E-state index in [1.54, 1.807) is 17.4 Å². The minimum absolute atomic E-state index is 0.533. The Hall–Kier alpha value is -1.02. The number of anilines is 1. The fraction of sp³-hybridized carbons (Fsp3) is 0.0769. The van der Waals surface area contributed by atoms with E-state index in [0.717, 1.165) is 13.6 Å². The molecule has 0 amide bonds. The van der Waals surface area contributed by atoms with Crippen LogP contribution in [0.4, 0.5) is 5.69 Å². The van der Waals surface area contributed by atoms with E-state index in [4.69, 9.17) is 21.8 Å². The van der Waals surface area contributed by atoms with Gasteiger partial charge in [-0.1, -0.05) is 11.6 Å². The molecule has 3 aromatic rings. The predicted molar refractivity (Wildman–Crippen MR) is 90.7 cm³/mol. The van der Waals surface area contributed by atoms with Crippen molar-refractivity contribution in [1.82, 2.24) is 10.2 Å². The van der Waals surface area contributed by atoms with Crippen molar-refractivity contribution in [3.63, 3.8) is 0 Å². The Kier molecular flexibility index (Phi) is 4.54. The van der Waals surface area contributed by atoms with Crippen LogP contribution in [0.2, 0.25) is 5.02 Å². The van der Waals surface area contributed by atoms with Gasteiger partial charge in [0.1, 0.15) is 0 Å². The molecule has 0 bridgehead atoms. The van der Waals surface area contributed by atoms with E-state index in [1.807, 2.05) is 24.3 Å². The molecule has 21 heavy (non-hydrogen) atoms. The lowest BCUT2D eigenvalue weighted by molar-refractivity contribution is 0.529. The molecular formula is C13H9BrClN3OS2. The molecular weight excluding hydrogens is 394 g/mol. The van der Waals surface area contributed by atoms with Crippen LogP contribution in [-0.4, -0.2) is 10.2 Å². The molecule has 3 rings (SSSR count). The Labute approximate surface area is 142 Å². The molecule has 4 nitrogen and oxygen atoms in total. The maximum absolute atomic E-state index is 5.91. The number of nitrogens with zero attached hydrogens (tertiary/aromatic N) is 2. The van der Waals surface area contributed by atoms with Crippen molar-refractivity contribution in [3.8, 4) is 10.8 Å². The van der Waals surface area contributed by atoms with Crippen LogP contribution < -0.4 is 5.73 Å². The molecule has 0 aliphatic carbocycles. The van der Waals surface area contributed by atoms with Crippen LogP contribution in [0, 0.1) is 0 Å². The van der Waals surface area contributed by atoms with E-state index in [9.17, 15) is 0 Å². The zero-order valence-corrected chi connectivity index (χ0v) is 14.5. The first-order valence-corrected chi connectivity index (χ1v) is 8.85. The van der Waals surface area contributed by atoms with Gasteiger partial charge in [0, 0.05) is 15.6 Å². The molecule has 2 N–H and O–H groups in total. The van der Waals surface area contributed by atoms with Crippen molar-refractivity contribution >= 4 is 56.3 Å². The first-order valence-electron chi connectivity index (χ1n) is 5.88. The number of aromatic nitrogens is 2. The first-order chi connectivity index (χ1) is 10.1. The summed E-state index contributed by atoms with van der Waals surface area (Å²) < 4.78 is 6.68. The average Bonchev–Trinajstić information content (AvgIpc) is 3.06. The van der Waals surface area contributed by atoms with Crippen LogP contribution in [-0.2, 0) is 5.75 Å². The number of rotatable bonds is 4. The molecule has 2 aromatic heterocycles. The SMILES string of the molecule is Nc1cc(Cl)ccc1SCc1nnc(-c2ccc(Br)s2)o1. The van der Waals surface area contributed by atoms with Crippen molar-refractivity contribution < 1.29 is 4.42 Å². The summed E-state index contributed by atoms with van der Waals surface area (Å²) in [7, 11) is 0. The topological polar surface area (TPSA) is 64.9 Å². The van der Waals surface area contributed by atoms with E-state index < -0.39 is 0 Å². The maximum atomic E-state index is 5.91. The fourth-order valence-corrected chi connectivity index (χ4v) is 3.90. The zero-order valence-electron chi connectivity index (χ0n) is 10.5. The minimum Gasteiger partial charge on any atom is -0.419 e. The highest BCUT2D eigenvalue weighted by atomic mass is 79.9. The number of thioether (sulfide) groups is 1. The van der Waals surface area contributed by atoms with Gasteiger partial charge in [0.15, 0.2) is 0 Å². The number of nitrogen functional groups attached to an aromatic ring is 1. The molecule has 108 valence electrons. The largest absolute Gasteiger partial charge is 0.419 e. The lowest BCUT2D eigenvalue weighted by Gasteiger charge is -2.03. The summed E-state index contributed by atoms with van der Waals surface area (Å²) in [5.74, 6) is 1.66. The highest BCUT2D eigenvalue weighted by Crippen LogP contribution is 2.33. The maximum Gasteiger partial charge on any atom is 0.257 e. The fourth-order valence-electron chi connectivity index (χ4n) is 1.63. The molecule has 0 aliphatic rings. The lowest BCUT2D eigenvalue weighted by atomic mass is 10.3. The second-order valence-corrected chi connectivity index (χ2v) is 7.99. The van der Waals surface area contributed by atoms with Crippen LogP contribution >= 0.6 is 50.6 Å². The van der Waals surface area contributed by atoms with Gasteiger partial charge in [0.25, 0.3) is 5.89 Å². The van der Waals surface area contributed by atoms with Gasteiger partial charge in [-0.05, 0) is 46.3 Å². The number of hydrogen-bond donors (Lipinski definition) is 1. The Bertz CT molecular complexity index is 774. The molecule has 0 unspecified atom stereocenters. The lowest BCUT2D eigenvalue weighted by Crippen LogP contribution is -1.89. The molecule has 0 fully saturated rings. The summed E-state index contributed by atoms with van der Waals surface area (Å²) in [4.78, 5) is 1.88. The Morgan fingerprint density at radius 1 is 1.29 bits per heavy atom. The second kappa shape index (κ2) is 6.39. The normalized spacial score (nSPS) is 11.0. The monoisotopic (exact) mass is 401 g/mol. The Morgan fingerprint density at radius 2 is 2.14 bits per heavy atom. The third kappa shape index (κ3) is 3.60. The Balaban J connectivity index is 1.70. The molecule has 0 radical (unpaired) electrons. The Morgan fingerprint density at radius 3 is 2.86 bits per heavy atom. The molecule has 2 heterocycles. The molecule has 1 aromatic carbocycles. The van der Waals surface area contributed by atoms with E-state index in [2.05, 4.69) is 26.1 Å². The van der Waals surface area contributed by atoms with Gasteiger partial charge in [-0.25, -0.2) is 0 Å². The van der Waals surface area contributed by atoms with E-state index in [-0.39, 0.29) is 0 Å². The van der Waals surface area contributed by atoms with Gasteiger partial charge < -0.3 is 10.2 Å². The number of halogens is 2. The molecule has 0 saturated carbocycles. The summed E-state index contributed by atoms with van der Waals surface area (Å²) in [6, 6.07) is 9.31. The summed E-state index contributed by atoms with van der Waals surface area (Å²) in [5.41, 5.74) is 6.56. The highest BCUT2D eigenvalue weighted by Gasteiger charge is 2.11. The van der Waals surface area contributed by atoms with Crippen LogP contribution in [0.3, 0.4) is 0 Å². The van der Waals surface area contributed by atoms with Crippen molar-refractivity contribution in [2.75, 3.05) is 5.73 Å². The highest BCUT2D eigenvalue weighted by molar-refractivity contribution is 9.11. The van der Waals surface area contributed by atoms with Crippen LogP contribution in [0.1, 0.15) is 5.89 Å². The quantitative estimate of drug-likeness (QED) is 0.486. The molecule has 0 spiro atoms. The summed E-state index contributed by atoms with van der Waals surface area (Å²) in [6.45, 7) is 0. The average molecular weight is 403 g/mol. The molecule has 0 saturated heterocycles. The van der Waals surface area contributed by atoms with Gasteiger partial charge in [-0.2, -0.15) is 0 Å². The van der Waals surface area contributed by atoms with Gasteiger partial charge in [0.2, 0.25) is 5.89 Å². The molecule has 8 heteroatoms. The van der Waals surface area contributed by atoms with Crippen LogP contribution in [0.5, 0.6) is 0 Å². The number of thiophene rings is 1. The van der Waals surface area contributed by atoms with Crippen molar-refractivity contribution in [2.24, 2.45) is 0 Å². The van der Waals surface area contributed by atoms with Crippen molar-refractivity contribution in [3.05, 3.63) is 45.0 Å². The predicted octanol–water partition coefficient (Wildman–Crippen LogP) is 5.09. The summed E-state index contributed by atoms with van der Waals surface area (Å²) in [6.07, 6.45) is 0. The third-order valence-corrected chi connectivity index (χ3v) is 5.49. The van der Waals surface area contributed by atoms with Crippen molar-refractivity contribution in [2.45, 2.75) is 10.6 Å². The van der Waals surface area contributed by atoms with E-state index in [0.29, 0.717) is 28.2 Å². The van der Waals surface area contributed by atoms with Crippen molar-refractivity contribution in [1.29, 1.82) is 0 Å². The molecule has 0 atom stereocenters. The standard InChI is InChI=1S/C13H9BrClN3OS2/c14-11-4-3-10(21-11)13-18-17-12(19-13)6-20-9-2-1-7(15)5-8(9)16/h1-5H,6,16H2. The third-order valence-electron chi connectivity index (χ3n) is 2.57. The van der Waals surface area contributed by atoms with E-state index >= 15 is 0 Å². The number of nitrogens with two attached hydrogens (primary N) is 1. The van der Waals surface area contributed by atoms with Gasteiger partial charge in [-0.3, -0.25) is 0 Å². The van der Waals surface area contributed by atoms with E-state index in [1.165, 1.54) is 11.8 Å².